The van der Waals surface area contributed by atoms with E-state index < -0.39 is 33.1 Å². The number of hydrogen-bond acceptors (Lipinski definition) is 7. The Morgan fingerprint density at radius 1 is 1.04 bits per heavy atom. The molecule has 2 aromatic rings. The Balaban J connectivity index is 2.46. The van der Waals surface area contributed by atoms with Gasteiger partial charge in [-0.25, -0.2) is 4.79 Å². The number of carbonyl (C=O) groups is 1. The van der Waals surface area contributed by atoms with Gasteiger partial charge in [-0.2, -0.15) is 13.5 Å². The molecule has 4 N–H and O–H groups in total. The van der Waals surface area contributed by atoms with Gasteiger partial charge in [0, 0.05) is 6.07 Å². The van der Waals surface area contributed by atoms with E-state index in [2.05, 4.69) is 10.2 Å². The molecule has 0 saturated heterocycles. The molecule has 24 heavy (non-hydrogen) atoms. The van der Waals surface area contributed by atoms with Crippen LogP contribution >= 0.6 is 0 Å². The first kappa shape index (κ1) is 17.4. The molecule has 0 heterocycles. The molecule has 2 aromatic carbocycles. The van der Waals surface area contributed by atoms with Crippen molar-refractivity contribution < 1.29 is 33.1 Å². The molecule has 0 amide bonds. The maximum Gasteiger partial charge on any atom is 0.339 e. The summed E-state index contributed by atoms with van der Waals surface area (Å²) in [6.07, 6.45) is 0. The van der Waals surface area contributed by atoms with E-state index in [1.807, 2.05) is 0 Å². The third-order valence-corrected chi connectivity index (χ3v) is 4.04. The molecular weight excluding hydrogens is 340 g/mol. The number of phenolic OH excluding ortho intramolecular Hbond substituents is 1. The minimum absolute atomic E-state index is 0.0533. The van der Waals surface area contributed by atoms with Crippen LogP contribution < -0.4 is 0 Å². The van der Waals surface area contributed by atoms with Crippen LogP contribution in [0.25, 0.3) is 0 Å². The number of carboxylic acid groups (broad SMARTS) is 1. The van der Waals surface area contributed by atoms with Crippen molar-refractivity contribution in [3.63, 3.8) is 0 Å². The number of nitrogens with zero attached hydrogens (tertiary/aromatic N) is 2. The van der Waals surface area contributed by atoms with Gasteiger partial charge >= 0.3 is 5.97 Å². The number of carboxylic acids is 1. The molecule has 0 aliphatic rings. The van der Waals surface area contributed by atoms with Crippen molar-refractivity contribution in [1.82, 2.24) is 0 Å². The smallest absolute Gasteiger partial charge is 0.339 e. The van der Waals surface area contributed by atoms with E-state index in [0.717, 1.165) is 18.2 Å². The Hall–Kier alpha value is -2.98. The van der Waals surface area contributed by atoms with Crippen LogP contribution in [0.1, 0.15) is 15.9 Å². The van der Waals surface area contributed by atoms with Crippen molar-refractivity contribution in [2.75, 3.05) is 0 Å². The predicted molar refractivity (Wildman–Crippen MR) is 81.9 cm³/mol. The fourth-order valence-electron chi connectivity index (χ4n) is 1.86. The van der Waals surface area contributed by atoms with Gasteiger partial charge < -0.3 is 15.3 Å². The summed E-state index contributed by atoms with van der Waals surface area (Å²) in [6, 6.07) is 5.61. The van der Waals surface area contributed by atoms with E-state index in [-0.39, 0.29) is 16.3 Å². The Morgan fingerprint density at radius 3 is 2.29 bits per heavy atom. The number of azo groups is 1. The molecule has 0 radical (unpaired) electrons. The lowest BCUT2D eigenvalue weighted by Gasteiger charge is -2.04. The SMILES string of the molecule is Cc1ccc(N=Nc2cc(C(=O)O)c(O)cc2O)cc1S(=O)(=O)O. The van der Waals surface area contributed by atoms with Crippen molar-refractivity contribution in [2.24, 2.45) is 10.2 Å². The summed E-state index contributed by atoms with van der Waals surface area (Å²) in [4.78, 5) is 10.6. The van der Waals surface area contributed by atoms with Crippen LogP contribution in [0.3, 0.4) is 0 Å². The lowest BCUT2D eigenvalue weighted by molar-refractivity contribution is 0.0693. The van der Waals surface area contributed by atoms with Crippen molar-refractivity contribution in [1.29, 1.82) is 0 Å². The monoisotopic (exact) mass is 352 g/mol. The van der Waals surface area contributed by atoms with Gasteiger partial charge in [-0.1, -0.05) is 6.07 Å². The van der Waals surface area contributed by atoms with Gasteiger partial charge in [0.2, 0.25) is 0 Å². The van der Waals surface area contributed by atoms with Crippen LogP contribution in [-0.4, -0.2) is 34.3 Å². The van der Waals surface area contributed by atoms with E-state index >= 15 is 0 Å². The second-order valence-corrected chi connectivity index (χ2v) is 6.18. The molecule has 0 aromatic heterocycles. The summed E-state index contributed by atoms with van der Waals surface area (Å²) < 4.78 is 31.6. The fourth-order valence-corrected chi connectivity index (χ4v) is 2.60. The highest BCUT2D eigenvalue weighted by atomic mass is 32.2. The average Bonchev–Trinajstić information content (AvgIpc) is 2.46. The van der Waals surface area contributed by atoms with Crippen LogP contribution in [0.15, 0.2) is 45.5 Å². The highest BCUT2D eigenvalue weighted by molar-refractivity contribution is 7.85. The molecule has 0 fully saturated rings. The topological polar surface area (TPSA) is 157 Å². The first-order chi connectivity index (χ1) is 11.1. The highest BCUT2D eigenvalue weighted by Gasteiger charge is 2.15. The summed E-state index contributed by atoms with van der Waals surface area (Å²) in [7, 11) is -4.43. The van der Waals surface area contributed by atoms with Gasteiger partial charge in [0.05, 0.1) is 10.6 Å². The molecule has 9 nitrogen and oxygen atoms in total. The highest BCUT2D eigenvalue weighted by Crippen LogP contribution is 2.34. The fraction of sp³-hybridized carbons (Fsp3) is 0.0714. The second kappa shape index (κ2) is 6.26. The Bertz CT molecular complexity index is 952. The standard InChI is InChI=1S/C14H12N2O7S/c1-7-2-3-8(4-13(7)24(21,22)23)15-16-10-5-9(14(19)20)11(17)6-12(10)18/h2-6,17-18H,1H3,(H,19,20)(H,21,22,23). The summed E-state index contributed by atoms with van der Waals surface area (Å²) in [5, 5.41) is 35.3. The molecule has 0 unspecified atom stereocenters. The van der Waals surface area contributed by atoms with Crippen molar-refractivity contribution >= 4 is 27.5 Å². The van der Waals surface area contributed by atoms with E-state index in [4.69, 9.17) is 9.66 Å². The quantitative estimate of drug-likeness (QED) is 0.486. The minimum Gasteiger partial charge on any atom is -0.507 e. The summed E-state index contributed by atoms with van der Waals surface area (Å²) in [6.45, 7) is 1.48. The Labute approximate surface area is 136 Å². The molecule has 10 heteroatoms. The lowest BCUT2D eigenvalue weighted by Crippen LogP contribution is -2.00. The summed E-state index contributed by atoms with van der Waals surface area (Å²) in [5.41, 5.74) is -0.363. The third-order valence-electron chi connectivity index (χ3n) is 3.05. The number of hydrogen-bond donors (Lipinski definition) is 4. The van der Waals surface area contributed by atoms with Gasteiger partial charge in [-0.15, -0.1) is 5.11 Å². The van der Waals surface area contributed by atoms with E-state index in [1.54, 1.807) is 0 Å². The van der Waals surface area contributed by atoms with Crippen molar-refractivity contribution in [3.8, 4) is 11.5 Å². The number of benzene rings is 2. The van der Waals surface area contributed by atoms with E-state index in [9.17, 15) is 23.4 Å². The molecule has 0 aliphatic carbocycles. The zero-order valence-electron chi connectivity index (χ0n) is 12.2. The molecular formula is C14H12N2O7S. The maximum atomic E-state index is 11.2. The summed E-state index contributed by atoms with van der Waals surface area (Å²) in [5.74, 6) is -2.57. The number of aryl methyl sites for hydroxylation is 1. The summed E-state index contributed by atoms with van der Waals surface area (Å²) >= 11 is 0. The van der Waals surface area contributed by atoms with Gasteiger partial charge in [-0.3, -0.25) is 4.55 Å². The van der Waals surface area contributed by atoms with Crippen LogP contribution in [0.5, 0.6) is 11.5 Å². The lowest BCUT2D eigenvalue weighted by atomic mass is 10.1. The molecule has 0 aliphatic heterocycles. The van der Waals surface area contributed by atoms with Crippen LogP contribution in [0.4, 0.5) is 11.4 Å². The predicted octanol–water partition coefficient (Wildman–Crippen LogP) is 2.77. The second-order valence-electron chi connectivity index (χ2n) is 4.79. The van der Waals surface area contributed by atoms with Crippen molar-refractivity contribution in [2.45, 2.75) is 11.8 Å². The van der Waals surface area contributed by atoms with Crippen LogP contribution in [0.2, 0.25) is 0 Å². The van der Waals surface area contributed by atoms with Crippen LogP contribution in [0, 0.1) is 6.92 Å². The minimum atomic E-state index is -4.43. The van der Waals surface area contributed by atoms with Gasteiger partial charge in [0.25, 0.3) is 10.1 Å². The van der Waals surface area contributed by atoms with Gasteiger partial charge in [0.15, 0.2) is 0 Å². The first-order valence-electron chi connectivity index (χ1n) is 6.38. The number of phenols is 2. The van der Waals surface area contributed by atoms with Gasteiger partial charge in [0.1, 0.15) is 22.7 Å². The number of aromatic carboxylic acids is 1. The Kier molecular flexibility index (Phi) is 4.53. The zero-order valence-corrected chi connectivity index (χ0v) is 13.0. The van der Waals surface area contributed by atoms with Gasteiger partial charge in [-0.05, 0) is 30.7 Å². The maximum absolute atomic E-state index is 11.2. The third kappa shape index (κ3) is 3.67. The first-order valence-corrected chi connectivity index (χ1v) is 7.82. The van der Waals surface area contributed by atoms with E-state index in [1.165, 1.54) is 19.1 Å². The Morgan fingerprint density at radius 2 is 1.71 bits per heavy atom. The number of aromatic hydroxyl groups is 2. The largest absolute Gasteiger partial charge is 0.507 e. The molecule has 126 valence electrons. The molecule has 2 rings (SSSR count). The molecule has 0 saturated carbocycles. The average molecular weight is 352 g/mol. The normalized spacial score (nSPS) is 11.8. The number of rotatable bonds is 4. The molecule has 0 atom stereocenters. The van der Waals surface area contributed by atoms with Crippen molar-refractivity contribution in [3.05, 3.63) is 41.5 Å². The van der Waals surface area contributed by atoms with E-state index in [0.29, 0.717) is 5.56 Å². The molecule has 0 bridgehead atoms. The van der Waals surface area contributed by atoms with Crippen LogP contribution in [-0.2, 0) is 10.1 Å². The zero-order chi connectivity index (χ0) is 18.1. The molecule has 0 spiro atoms.